The monoisotopic (exact) mass is 283 g/mol. The molecule has 0 spiro atoms. The van der Waals surface area contributed by atoms with Gasteiger partial charge in [-0.05, 0) is 30.7 Å². The summed E-state index contributed by atoms with van der Waals surface area (Å²) in [4.78, 5) is 28.0. The van der Waals surface area contributed by atoms with Gasteiger partial charge in [-0.2, -0.15) is 0 Å². The van der Waals surface area contributed by atoms with E-state index in [4.69, 9.17) is 0 Å². The highest BCUT2D eigenvalue weighted by Gasteiger charge is 2.13. The molecular weight excluding hydrogens is 266 g/mol. The van der Waals surface area contributed by atoms with Crippen LogP contribution in [0.15, 0.2) is 48.7 Å². The van der Waals surface area contributed by atoms with Gasteiger partial charge < -0.3 is 10.6 Å². The molecule has 0 unspecified atom stereocenters. The fourth-order valence-corrected chi connectivity index (χ4v) is 1.85. The number of aromatic nitrogens is 1. The zero-order valence-electron chi connectivity index (χ0n) is 11.8. The number of anilines is 2. The highest BCUT2D eigenvalue weighted by atomic mass is 16.2. The number of rotatable bonds is 5. The number of hydrogen-bond acceptors (Lipinski definition) is 3. The van der Waals surface area contributed by atoms with E-state index in [1.165, 1.54) is 0 Å². The van der Waals surface area contributed by atoms with Crippen molar-refractivity contribution in [1.82, 2.24) is 4.98 Å². The molecule has 2 rings (SSSR count). The minimum absolute atomic E-state index is 0.101. The molecule has 1 heterocycles. The van der Waals surface area contributed by atoms with Gasteiger partial charge in [0.1, 0.15) is 5.82 Å². The van der Waals surface area contributed by atoms with Crippen LogP contribution >= 0.6 is 0 Å². The quantitative estimate of drug-likeness (QED) is 0.885. The zero-order chi connectivity index (χ0) is 15.1. The van der Waals surface area contributed by atoms with Crippen LogP contribution < -0.4 is 10.6 Å². The van der Waals surface area contributed by atoms with E-state index in [-0.39, 0.29) is 11.8 Å². The Kier molecular flexibility index (Phi) is 5.04. The van der Waals surface area contributed by atoms with E-state index in [9.17, 15) is 9.59 Å². The van der Waals surface area contributed by atoms with Crippen LogP contribution in [-0.2, 0) is 4.79 Å². The summed E-state index contributed by atoms with van der Waals surface area (Å²) in [5.41, 5.74) is 0.914. The first kappa shape index (κ1) is 14.7. The molecule has 0 aliphatic rings. The van der Waals surface area contributed by atoms with Crippen molar-refractivity contribution in [1.29, 1.82) is 0 Å². The maximum atomic E-state index is 12.3. The molecule has 0 bridgehead atoms. The maximum absolute atomic E-state index is 12.3. The smallest absolute Gasteiger partial charge is 0.258 e. The Bertz CT molecular complexity index is 626. The predicted molar refractivity (Wildman–Crippen MR) is 82.2 cm³/mol. The van der Waals surface area contributed by atoms with Crippen molar-refractivity contribution in [2.75, 3.05) is 10.6 Å². The van der Waals surface area contributed by atoms with Crippen molar-refractivity contribution < 1.29 is 9.59 Å². The summed E-state index contributed by atoms with van der Waals surface area (Å²) in [6, 6.07) is 12.2. The number of nitrogens with zero attached hydrogens (tertiary/aromatic N) is 1. The molecule has 5 heteroatoms. The van der Waals surface area contributed by atoms with E-state index in [0.29, 0.717) is 23.5 Å². The van der Waals surface area contributed by atoms with Gasteiger partial charge in [-0.1, -0.05) is 25.1 Å². The van der Waals surface area contributed by atoms with Crippen LogP contribution in [0.1, 0.15) is 30.1 Å². The molecule has 1 aromatic heterocycles. The molecule has 2 amide bonds. The third kappa shape index (κ3) is 4.14. The summed E-state index contributed by atoms with van der Waals surface area (Å²) in [6.07, 6.45) is 2.79. The molecule has 0 fully saturated rings. The molecule has 0 aliphatic heterocycles. The molecule has 2 aromatic rings. The number of amides is 2. The van der Waals surface area contributed by atoms with E-state index < -0.39 is 0 Å². The highest BCUT2D eigenvalue weighted by Crippen LogP contribution is 2.17. The molecule has 1 aromatic carbocycles. The van der Waals surface area contributed by atoms with Crippen LogP contribution in [0.25, 0.3) is 0 Å². The molecule has 0 atom stereocenters. The Labute approximate surface area is 123 Å². The topological polar surface area (TPSA) is 71.1 Å². The fraction of sp³-hybridized carbons (Fsp3) is 0.188. The Morgan fingerprint density at radius 2 is 1.81 bits per heavy atom. The van der Waals surface area contributed by atoms with Crippen LogP contribution in [0.4, 0.5) is 11.5 Å². The predicted octanol–water partition coefficient (Wildman–Crippen LogP) is 3.07. The molecule has 21 heavy (non-hydrogen) atoms. The number of pyridine rings is 1. The summed E-state index contributed by atoms with van der Waals surface area (Å²) < 4.78 is 0. The molecule has 108 valence electrons. The normalized spacial score (nSPS) is 9.95. The van der Waals surface area contributed by atoms with Gasteiger partial charge in [-0.3, -0.25) is 9.59 Å². The van der Waals surface area contributed by atoms with Gasteiger partial charge in [-0.25, -0.2) is 4.98 Å². The van der Waals surface area contributed by atoms with Crippen LogP contribution in [0, 0.1) is 0 Å². The average molecular weight is 283 g/mol. The lowest BCUT2D eigenvalue weighted by Crippen LogP contribution is -2.18. The van der Waals surface area contributed by atoms with Gasteiger partial charge in [0.25, 0.3) is 5.91 Å². The number of benzene rings is 1. The van der Waals surface area contributed by atoms with Gasteiger partial charge in [0.2, 0.25) is 5.91 Å². The molecule has 0 radical (unpaired) electrons. The number of para-hydroxylation sites is 1. The van der Waals surface area contributed by atoms with E-state index in [0.717, 1.165) is 6.42 Å². The summed E-state index contributed by atoms with van der Waals surface area (Å²) in [5.74, 6) is 0.0638. The van der Waals surface area contributed by atoms with Crippen LogP contribution in [0.3, 0.4) is 0 Å². The summed E-state index contributed by atoms with van der Waals surface area (Å²) in [7, 11) is 0. The van der Waals surface area contributed by atoms with Crippen LogP contribution in [-0.4, -0.2) is 16.8 Å². The lowest BCUT2D eigenvalue weighted by molar-refractivity contribution is -0.116. The second-order valence-corrected chi connectivity index (χ2v) is 4.51. The van der Waals surface area contributed by atoms with Crippen LogP contribution in [0.5, 0.6) is 0 Å². The van der Waals surface area contributed by atoms with Gasteiger partial charge in [0.15, 0.2) is 0 Å². The van der Waals surface area contributed by atoms with Crippen molar-refractivity contribution in [3.63, 3.8) is 0 Å². The lowest BCUT2D eigenvalue weighted by Gasteiger charge is -2.10. The first-order valence-corrected chi connectivity index (χ1v) is 6.82. The molecule has 0 saturated heterocycles. The van der Waals surface area contributed by atoms with Gasteiger partial charge in [0.05, 0.1) is 11.3 Å². The molecule has 2 N–H and O–H groups in total. The number of carbonyl (C=O) groups is 2. The second-order valence-electron chi connectivity index (χ2n) is 4.51. The Morgan fingerprint density at radius 3 is 2.52 bits per heavy atom. The summed E-state index contributed by atoms with van der Waals surface area (Å²) >= 11 is 0. The first-order valence-electron chi connectivity index (χ1n) is 6.82. The van der Waals surface area contributed by atoms with Crippen molar-refractivity contribution in [3.8, 4) is 0 Å². The summed E-state index contributed by atoms with van der Waals surface area (Å²) in [6.45, 7) is 1.93. The lowest BCUT2D eigenvalue weighted by atomic mass is 10.1. The number of hydrogen-bond donors (Lipinski definition) is 2. The average Bonchev–Trinajstić information content (AvgIpc) is 2.49. The van der Waals surface area contributed by atoms with Crippen LogP contribution in [0.2, 0.25) is 0 Å². The molecule has 0 aliphatic carbocycles. The first-order chi connectivity index (χ1) is 10.2. The Morgan fingerprint density at radius 1 is 1.05 bits per heavy atom. The van der Waals surface area contributed by atoms with Gasteiger partial charge in [0, 0.05) is 12.6 Å². The van der Waals surface area contributed by atoms with E-state index >= 15 is 0 Å². The standard InChI is InChI=1S/C16H17N3O2/c1-2-7-15(20)18-13-9-4-3-8-12(13)16(21)19-14-10-5-6-11-17-14/h3-6,8-11H,2,7H2,1H3,(H,18,20)(H,17,19,21). The van der Waals surface area contributed by atoms with Crippen molar-refractivity contribution in [2.24, 2.45) is 0 Å². The Balaban J connectivity index is 2.15. The minimum atomic E-state index is -0.305. The fourth-order valence-electron chi connectivity index (χ4n) is 1.85. The van der Waals surface area contributed by atoms with Gasteiger partial charge >= 0.3 is 0 Å². The minimum Gasteiger partial charge on any atom is -0.325 e. The van der Waals surface area contributed by atoms with Gasteiger partial charge in [-0.15, -0.1) is 0 Å². The number of carbonyl (C=O) groups excluding carboxylic acids is 2. The van der Waals surface area contributed by atoms with E-state index in [2.05, 4.69) is 15.6 Å². The largest absolute Gasteiger partial charge is 0.325 e. The zero-order valence-corrected chi connectivity index (χ0v) is 11.8. The number of nitrogens with one attached hydrogen (secondary N) is 2. The van der Waals surface area contributed by atoms with Crippen molar-refractivity contribution in [3.05, 3.63) is 54.2 Å². The summed E-state index contributed by atoms with van der Waals surface area (Å²) in [5, 5.41) is 5.46. The highest BCUT2D eigenvalue weighted by molar-refractivity contribution is 6.09. The SMILES string of the molecule is CCCC(=O)Nc1ccccc1C(=O)Nc1ccccn1. The van der Waals surface area contributed by atoms with Crippen molar-refractivity contribution >= 4 is 23.3 Å². The molecule has 0 saturated carbocycles. The third-order valence-corrected chi connectivity index (χ3v) is 2.83. The molecular formula is C16H17N3O2. The Hall–Kier alpha value is -2.69. The van der Waals surface area contributed by atoms with Crippen molar-refractivity contribution in [2.45, 2.75) is 19.8 Å². The maximum Gasteiger partial charge on any atom is 0.258 e. The van der Waals surface area contributed by atoms with E-state index in [1.807, 2.05) is 6.92 Å². The molecule has 5 nitrogen and oxygen atoms in total. The second kappa shape index (κ2) is 7.19. The third-order valence-electron chi connectivity index (χ3n) is 2.83. The van der Waals surface area contributed by atoms with E-state index in [1.54, 1.807) is 48.7 Å².